The van der Waals surface area contributed by atoms with Gasteiger partial charge in [0.1, 0.15) is 6.61 Å². The van der Waals surface area contributed by atoms with E-state index in [1.165, 1.54) is 0 Å². The van der Waals surface area contributed by atoms with Gasteiger partial charge in [0.25, 0.3) is 0 Å². The van der Waals surface area contributed by atoms with Gasteiger partial charge in [0.2, 0.25) is 0 Å². The molecular weight excluding hydrogens is 587 g/mol. The van der Waals surface area contributed by atoms with Crippen LogP contribution in [0.25, 0.3) is 0 Å². The van der Waals surface area contributed by atoms with Crippen molar-refractivity contribution in [2.75, 3.05) is 13.2 Å². The van der Waals surface area contributed by atoms with Gasteiger partial charge in [0, 0.05) is 12.8 Å². The largest absolute Gasteiger partial charge is 0.469 e. The van der Waals surface area contributed by atoms with Crippen LogP contribution in [0.15, 0.2) is 72.9 Å². The second kappa shape index (κ2) is 27.9. The molecule has 0 radical (unpaired) electrons. The summed E-state index contributed by atoms with van der Waals surface area (Å²) < 4.78 is 25.8. The number of rotatable bonds is 26. The predicted octanol–water partition coefficient (Wildman–Crippen LogP) is 6.33. The first-order valence-corrected chi connectivity index (χ1v) is 17.0. The molecular formula is C33H53O10P. The van der Waals surface area contributed by atoms with Gasteiger partial charge in [0.05, 0.1) is 18.8 Å². The Labute approximate surface area is 263 Å². The molecule has 0 rings (SSSR count). The van der Waals surface area contributed by atoms with Crippen LogP contribution in [-0.4, -0.2) is 63.5 Å². The van der Waals surface area contributed by atoms with Crippen LogP contribution in [0, 0.1) is 0 Å². The predicted molar refractivity (Wildman–Crippen MR) is 172 cm³/mol. The van der Waals surface area contributed by atoms with E-state index in [0.29, 0.717) is 32.1 Å². The van der Waals surface area contributed by atoms with Gasteiger partial charge in [-0.2, -0.15) is 0 Å². The van der Waals surface area contributed by atoms with Crippen LogP contribution in [0.2, 0.25) is 0 Å². The molecule has 11 heteroatoms. The van der Waals surface area contributed by atoms with Gasteiger partial charge in [-0.05, 0) is 38.5 Å². The lowest BCUT2D eigenvalue weighted by Crippen LogP contribution is -2.29. The van der Waals surface area contributed by atoms with Crippen molar-refractivity contribution in [2.24, 2.45) is 0 Å². The summed E-state index contributed by atoms with van der Waals surface area (Å²) >= 11 is 0. The summed E-state index contributed by atoms with van der Waals surface area (Å²) in [6, 6.07) is 0. The molecule has 0 aliphatic carbocycles. The van der Waals surface area contributed by atoms with Crippen molar-refractivity contribution in [3.05, 3.63) is 72.9 Å². The zero-order valence-corrected chi connectivity index (χ0v) is 27.1. The van der Waals surface area contributed by atoms with E-state index in [2.05, 4.69) is 11.4 Å². The first-order chi connectivity index (χ1) is 21.1. The maximum atomic E-state index is 12.1. The van der Waals surface area contributed by atoms with Crippen molar-refractivity contribution >= 4 is 19.8 Å². The topological polar surface area (TPSA) is 160 Å². The summed E-state index contributed by atoms with van der Waals surface area (Å²) in [5.74, 6) is -1.09. The maximum Gasteiger partial charge on any atom is 0.469 e. The van der Waals surface area contributed by atoms with E-state index in [-0.39, 0.29) is 19.4 Å². The van der Waals surface area contributed by atoms with Crippen LogP contribution in [0.5, 0.6) is 0 Å². The van der Waals surface area contributed by atoms with Crippen LogP contribution in [0.4, 0.5) is 0 Å². The molecule has 0 saturated carbocycles. The Hall–Kier alpha value is -2.59. The average molecular weight is 641 g/mol. The number of hydrogen-bond acceptors (Lipinski definition) is 8. The molecule has 0 aliphatic heterocycles. The molecule has 44 heavy (non-hydrogen) atoms. The summed E-state index contributed by atoms with van der Waals surface area (Å²) in [4.78, 5) is 42.1. The molecule has 250 valence electrons. The standard InChI is InChI=1S/C33H53O10P/c1-3-5-7-11-19-26-33(37)43-31(28-42-44(38,39)40)27-41-32(36)25-20-14-18-24-30(35)23-17-13-10-8-9-12-16-22-29(34)21-15-6-4-2/h6,9-10,12-13,15-18,22-24,29-31,34-35H,3-5,7-8,11,14,19-21,25-28H2,1-2H3,(H2,38,39,40)/b12-9-,13-10-,15-6-,22-16+,23-17+,24-18-/t29-,30-,31-/m1/s1. The number of ether oxygens (including phenoxy) is 2. The molecule has 0 bridgehead atoms. The normalized spacial score (nSPS) is 15.0. The van der Waals surface area contributed by atoms with E-state index in [9.17, 15) is 24.4 Å². The van der Waals surface area contributed by atoms with Gasteiger partial charge >= 0.3 is 19.8 Å². The molecule has 0 spiro atoms. The van der Waals surface area contributed by atoms with Crippen LogP contribution < -0.4 is 0 Å². The van der Waals surface area contributed by atoms with Crippen LogP contribution in [0.1, 0.15) is 90.9 Å². The average Bonchev–Trinajstić information content (AvgIpc) is 2.97. The number of carbonyl (C=O) groups excluding carboxylic acids is 2. The Bertz CT molecular complexity index is 977. The van der Waals surface area contributed by atoms with Crippen molar-refractivity contribution in [2.45, 2.75) is 109 Å². The smallest absolute Gasteiger partial charge is 0.462 e. The van der Waals surface area contributed by atoms with E-state index < -0.39 is 44.7 Å². The fraction of sp³-hybridized carbons (Fsp3) is 0.576. The third kappa shape index (κ3) is 29.5. The van der Waals surface area contributed by atoms with Gasteiger partial charge < -0.3 is 29.5 Å². The summed E-state index contributed by atoms with van der Waals surface area (Å²) in [6.45, 7) is 3.16. The molecule has 0 aromatic carbocycles. The second-order valence-electron chi connectivity index (χ2n) is 10.1. The maximum absolute atomic E-state index is 12.1. The lowest BCUT2D eigenvalue weighted by Gasteiger charge is -2.18. The number of phosphoric ester groups is 1. The van der Waals surface area contributed by atoms with E-state index in [0.717, 1.165) is 32.1 Å². The summed E-state index contributed by atoms with van der Waals surface area (Å²) in [5.41, 5.74) is 0. The van der Waals surface area contributed by atoms with Gasteiger partial charge in [-0.3, -0.25) is 14.1 Å². The van der Waals surface area contributed by atoms with Crippen LogP contribution >= 0.6 is 7.82 Å². The third-order valence-corrected chi connectivity index (χ3v) is 6.40. The van der Waals surface area contributed by atoms with Gasteiger partial charge in [0.15, 0.2) is 6.10 Å². The minimum Gasteiger partial charge on any atom is -0.462 e. The van der Waals surface area contributed by atoms with E-state index in [1.807, 2.05) is 49.5 Å². The number of aliphatic hydroxyl groups excluding tert-OH is 2. The molecule has 0 unspecified atom stereocenters. The SMILES string of the molecule is CC/C=C\C[C@@H](O)/C=C/C=C\C/C=C\C=C\[C@@H](O)/C=C\CCCC(=O)OC[C@H](COP(=O)(O)O)OC(=O)CCCCCCC. The Morgan fingerprint density at radius 1 is 0.750 bits per heavy atom. The van der Waals surface area contributed by atoms with Crippen molar-refractivity contribution in [3.63, 3.8) is 0 Å². The van der Waals surface area contributed by atoms with Crippen molar-refractivity contribution < 1.29 is 48.2 Å². The first kappa shape index (κ1) is 41.4. The number of aliphatic hydroxyl groups is 2. The number of carbonyl (C=O) groups is 2. The Kier molecular flexibility index (Phi) is 26.3. The first-order valence-electron chi connectivity index (χ1n) is 15.5. The highest BCUT2D eigenvalue weighted by Crippen LogP contribution is 2.35. The molecule has 10 nitrogen and oxygen atoms in total. The van der Waals surface area contributed by atoms with E-state index >= 15 is 0 Å². The minimum atomic E-state index is -4.78. The number of esters is 2. The molecule has 0 heterocycles. The lowest BCUT2D eigenvalue weighted by molar-refractivity contribution is -0.161. The Morgan fingerprint density at radius 3 is 2.11 bits per heavy atom. The minimum absolute atomic E-state index is 0.0774. The third-order valence-electron chi connectivity index (χ3n) is 5.91. The van der Waals surface area contributed by atoms with Crippen LogP contribution in [0.3, 0.4) is 0 Å². The Morgan fingerprint density at radius 2 is 1.43 bits per heavy atom. The molecule has 0 aromatic rings. The molecule has 0 aliphatic rings. The molecule has 0 saturated heterocycles. The van der Waals surface area contributed by atoms with Gasteiger partial charge in [-0.1, -0.05) is 112 Å². The summed E-state index contributed by atoms with van der Waals surface area (Å²) in [7, 11) is -4.78. The van der Waals surface area contributed by atoms with Crippen molar-refractivity contribution in [1.29, 1.82) is 0 Å². The zero-order valence-electron chi connectivity index (χ0n) is 26.2. The Balaban J connectivity index is 4.29. The number of unbranched alkanes of at least 4 members (excludes halogenated alkanes) is 5. The highest BCUT2D eigenvalue weighted by Gasteiger charge is 2.22. The molecule has 3 atom stereocenters. The van der Waals surface area contributed by atoms with E-state index in [4.69, 9.17) is 19.3 Å². The van der Waals surface area contributed by atoms with Crippen LogP contribution in [-0.2, 0) is 28.2 Å². The lowest BCUT2D eigenvalue weighted by atomic mass is 10.1. The van der Waals surface area contributed by atoms with Crippen molar-refractivity contribution in [3.8, 4) is 0 Å². The highest BCUT2D eigenvalue weighted by molar-refractivity contribution is 7.46. The van der Waals surface area contributed by atoms with Crippen molar-refractivity contribution in [1.82, 2.24) is 0 Å². The van der Waals surface area contributed by atoms with Gasteiger partial charge in [-0.25, -0.2) is 4.57 Å². The molecule has 4 N–H and O–H groups in total. The summed E-state index contributed by atoms with van der Waals surface area (Å²) in [5, 5.41) is 19.8. The second-order valence-corrected chi connectivity index (χ2v) is 11.3. The highest BCUT2D eigenvalue weighted by atomic mass is 31.2. The molecule has 0 aromatic heterocycles. The zero-order chi connectivity index (χ0) is 32.9. The fourth-order valence-corrected chi connectivity index (χ4v) is 3.94. The molecule has 0 amide bonds. The number of allylic oxidation sites excluding steroid dienone is 8. The number of phosphoric acid groups is 1. The summed E-state index contributed by atoms with van der Waals surface area (Å²) in [6.07, 6.45) is 27.7. The van der Waals surface area contributed by atoms with E-state index in [1.54, 1.807) is 30.4 Å². The quantitative estimate of drug-likeness (QED) is 0.0277. The monoisotopic (exact) mass is 640 g/mol. The van der Waals surface area contributed by atoms with Gasteiger partial charge in [-0.15, -0.1) is 0 Å². The number of hydrogen-bond donors (Lipinski definition) is 4. The fourth-order valence-electron chi connectivity index (χ4n) is 3.58. The molecule has 0 fully saturated rings.